The largest absolute Gasteiger partial charge is 0.493 e. The van der Waals surface area contributed by atoms with Crippen LogP contribution in [0, 0.1) is 5.82 Å². The van der Waals surface area contributed by atoms with Crippen LogP contribution in [0.1, 0.15) is 26.7 Å². The van der Waals surface area contributed by atoms with Crippen LogP contribution >= 0.6 is 0 Å². The maximum Gasteiger partial charge on any atom is 0.237 e. The Kier molecular flexibility index (Phi) is 5.76. The summed E-state index contributed by atoms with van der Waals surface area (Å²) in [5.41, 5.74) is 4.60. The first kappa shape index (κ1) is 15.4. The minimum Gasteiger partial charge on any atom is -0.493 e. The highest BCUT2D eigenvalue weighted by molar-refractivity contribution is 5.84. The van der Waals surface area contributed by atoms with Crippen molar-refractivity contribution < 1.29 is 13.9 Å². The Bertz CT molecular complexity index is 426. The second-order valence-electron chi connectivity index (χ2n) is 4.68. The van der Waals surface area contributed by atoms with E-state index in [1.54, 1.807) is 19.1 Å². The van der Waals surface area contributed by atoms with Gasteiger partial charge in [0.05, 0.1) is 12.1 Å². The van der Waals surface area contributed by atoms with Gasteiger partial charge in [-0.25, -0.2) is 4.39 Å². The van der Waals surface area contributed by atoms with Gasteiger partial charge < -0.3 is 15.8 Å². The van der Waals surface area contributed by atoms with Crippen LogP contribution in [0.25, 0.3) is 0 Å². The number of carbonyl (C=O) groups excluding carboxylic acids is 1. The van der Waals surface area contributed by atoms with Gasteiger partial charge in [-0.2, -0.15) is 0 Å². The third-order valence-electron chi connectivity index (χ3n) is 2.98. The van der Waals surface area contributed by atoms with Crippen LogP contribution in [-0.4, -0.2) is 24.6 Å². The van der Waals surface area contributed by atoms with E-state index in [9.17, 15) is 9.18 Å². The summed E-state index contributed by atoms with van der Waals surface area (Å²) >= 11 is 0. The van der Waals surface area contributed by atoms with Crippen molar-refractivity contribution >= 4 is 5.91 Å². The molecular formula is C14H21FN2O2. The van der Waals surface area contributed by atoms with Gasteiger partial charge >= 0.3 is 0 Å². The monoisotopic (exact) mass is 268 g/mol. The predicted molar refractivity (Wildman–Crippen MR) is 72.4 cm³/mol. The summed E-state index contributed by atoms with van der Waals surface area (Å²) in [6, 6.07) is 5.90. The fraction of sp³-hybridized carbons (Fsp3) is 0.500. The Balaban J connectivity index is 2.50. The Morgan fingerprint density at radius 1 is 1.53 bits per heavy atom. The van der Waals surface area contributed by atoms with Gasteiger partial charge in [0, 0.05) is 12.5 Å². The van der Waals surface area contributed by atoms with E-state index in [2.05, 4.69) is 5.32 Å². The van der Waals surface area contributed by atoms with Crippen molar-refractivity contribution in [1.82, 2.24) is 5.32 Å². The molecule has 19 heavy (non-hydrogen) atoms. The summed E-state index contributed by atoms with van der Waals surface area (Å²) < 4.78 is 18.4. The van der Waals surface area contributed by atoms with E-state index in [4.69, 9.17) is 10.5 Å². The van der Waals surface area contributed by atoms with Crippen molar-refractivity contribution in [2.75, 3.05) is 13.2 Å². The lowest BCUT2D eigenvalue weighted by atomic mass is 9.97. The molecule has 1 amide bonds. The summed E-state index contributed by atoms with van der Waals surface area (Å²) in [6.45, 7) is 4.76. The second-order valence-corrected chi connectivity index (χ2v) is 4.68. The van der Waals surface area contributed by atoms with E-state index in [0.29, 0.717) is 25.3 Å². The highest BCUT2D eigenvalue weighted by Crippen LogP contribution is 2.15. The number of nitrogens with two attached hydrogens (primary N) is 1. The van der Waals surface area contributed by atoms with Crippen LogP contribution in [0.2, 0.25) is 0 Å². The maximum atomic E-state index is 13.0. The molecule has 106 valence electrons. The first-order valence-electron chi connectivity index (χ1n) is 6.41. The van der Waals surface area contributed by atoms with Gasteiger partial charge in [0.2, 0.25) is 5.91 Å². The molecule has 0 spiro atoms. The van der Waals surface area contributed by atoms with Crippen molar-refractivity contribution in [2.45, 2.75) is 32.2 Å². The molecule has 0 aliphatic heterocycles. The van der Waals surface area contributed by atoms with Crippen LogP contribution in [0.5, 0.6) is 5.75 Å². The third kappa shape index (κ3) is 4.87. The fourth-order valence-electron chi connectivity index (χ4n) is 1.63. The van der Waals surface area contributed by atoms with E-state index in [1.165, 1.54) is 12.1 Å². The molecule has 1 aromatic carbocycles. The van der Waals surface area contributed by atoms with Gasteiger partial charge in [-0.3, -0.25) is 4.79 Å². The van der Waals surface area contributed by atoms with Gasteiger partial charge in [0.25, 0.3) is 0 Å². The SMILES string of the molecule is CCCNC(C)(CCOc1cccc(F)c1)C(N)=O. The molecule has 0 fully saturated rings. The number of halogens is 1. The van der Waals surface area contributed by atoms with E-state index in [0.717, 1.165) is 6.42 Å². The Morgan fingerprint density at radius 2 is 2.26 bits per heavy atom. The first-order chi connectivity index (χ1) is 8.98. The fourth-order valence-corrected chi connectivity index (χ4v) is 1.63. The summed E-state index contributed by atoms with van der Waals surface area (Å²) in [5, 5.41) is 3.11. The van der Waals surface area contributed by atoms with Crippen molar-refractivity contribution in [3.8, 4) is 5.75 Å². The van der Waals surface area contributed by atoms with Crippen molar-refractivity contribution in [3.05, 3.63) is 30.1 Å². The number of hydrogen-bond donors (Lipinski definition) is 2. The average Bonchev–Trinajstić information content (AvgIpc) is 2.36. The van der Waals surface area contributed by atoms with Crippen LogP contribution in [0.3, 0.4) is 0 Å². The zero-order valence-electron chi connectivity index (χ0n) is 11.4. The third-order valence-corrected chi connectivity index (χ3v) is 2.98. The van der Waals surface area contributed by atoms with Crippen molar-refractivity contribution in [1.29, 1.82) is 0 Å². The lowest BCUT2D eigenvalue weighted by molar-refractivity contribution is -0.124. The number of primary amides is 1. The molecule has 1 rings (SSSR count). The molecule has 1 unspecified atom stereocenters. The predicted octanol–water partition coefficient (Wildman–Crippen LogP) is 1.84. The first-order valence-corrected chi connectivity index (χ1v) is 6.41. The minimum absolute atomic E-state index is 0.291. The van der Waals surface area contributed by atoms with Crippen LogP contribution < -0.4 is 15.8 Å². The molecule has 5 heteroatoms. The molecule has 0 saturated heterocycles. The molecule has 1 atom stereocenters. The van der Waals surface area contributed by atoms with Gasteiger partial charge in [0.1, 0.15) is 11.6 Å². The number of amides is 1. The van der Waals surface area contributed by atoms with Gasteiger partial charge in [0.15, 0.2) is 0 Å². The number of benzene rings is 1. The van der Waals surface area contributed by atoms with E-state index >= 15 is 0 Å². The number of nitrogens with one attached hydrogen (secondary N) is 1. The standard InChI is InChI=1S/C14H21FN2O2/c1-3-8-17-14(2,13(16)18)7-9-19-12-6-4-5-11(15)10-12/h4-6,10,17H,3,7-9H2,1-2H3,(H2,16,18). The van der Waals surface area contributed by atoms with Crippen LogP contribution in [0.4, 0.5) is 4.39 Å². The van der Waals surface area contributed by atoms with E-state index in [1.807, 2.05) is 6.92 Å². The molecule has 4 nitrogen and oxygen atoms in total. The molecule has 0 aliphatic rings. The molecule has 0 radical (unpaired) electrons. The van der Waals surface area contributed by atoms with Crippen molar-refractivity contribution in [2.24, 2.45) is 5.73 Å². The molecule has 1 aromatic rings. The lowest BCUT2D eigenvalue weighted by Crippen LogP contribution is -2.54. The maximum absolute atomic E-state index is 13.0. The summed E-state index contributed by atoms with van der Waals surface area (Å²) in [4.78, 5) is 11.5. The highest BCUT2D eigenvalue weighted by Gasteiger charge is 2.29. The Hall–Kier alpha value is -1.62. The summed E-state index contributed by atoms with van der Waals surface area (Å²) in [5.74, 6) is -0.314. The number of rotatable bonds is 8. The molecular weight excluding hydrogens is 247 g/mol. The van der Waals surface area contributed by atoms with E-state index in [-0.39, 0.29) is 5.82 Å². The van der Waals surface area contributed by atoms with Gasteiger partial charge in [-0.05, 0) is 32.0 Å². The zero-order chi connectivity index (χ0) is 14.3. The molecule has 0 bridgehead atoms. The van der Waals surface area contributed by atoms with Gasteiger partial charge in [-0.15, -0.1) is 0 Å². The van der Waals surface area contributed by atoms with Gasteiger partial charge in [-0.1, -0.05) is 13.0 Å². The number of carbonyl (C=O) groups is 1. The summed E-state index contributed by atoms with van der Waals surface area (Å²) in [7, 11) is 0. The Labute approximate surface area is 113 Å². The summed E-state index contributed by atoms with van der Waals surface area (Å²) in [6.07, 6.45) is 1.34. The molecule has 3 N–H and O–H groups in total. The molecule has 0 aliphatic carbocycles. The molecule has 0 saturated carbocycles. The highest BCUT2D eigenvalue weighted by atomic mass is 19.1. The lowest BCUT2D eigenvalue weighted by Gasteiger charge is -2.27. The van der Waals surface area contributed by atoms with Crippen LogP contribution in [-0.2, 0) is 4.79 Å². The quantitative estimate of drug-likeness (QED) is 0.756. The number of hydrogen-bond acceptors (Lipinski definition) is 3. The minimum atomic E-state index is -0.802. The smallest absolute Gasteiger partial charge is 0.237 e. The topological polar surface area (TPSA) is 64.3 Å². The normalized spacial score (nSPS) is 13.8. The second kappa shape index (κ2) is 7.09. The van der Waals surface area contributed by atoms with Crippen molar-refractivity contribution in [3.63, 3.8) is 0 Å². The van der Waals surface area contributed by atoms with E-state index < -0.39 is 11.4 Å². The molecule has 0 aromatic heterocycles. The van der Waals surface area contributed by atoms with Crippen LogP contribution in [0.15, 0.2) is 24.3 Å². The molecule has 0 heterocycles. The average molecular weight is 268 g/mol. The number of ether oxygens (including phenoxy) is 1. The Morgan fingerprint density at radius 3 is 2.84 bits per heavy atom. The zero-order valence-corrected chi connectivity index (χ0v) is 11.4.